The van der Waals surface area contributed by atoms with E-state index in [4.69, 9.17) is 0 Å². The average Bonchev–Trinajstić information content (AvgIpc) is 2.88. The molecule has 1 aromatic heterocycles. The number of rotatable bonds is 5. The van der Waals surface area contributed by atoms with Gasteiger partial charge in [-0.05, 0) is 42.1 Å². The van der Waals surface area contributed by atoms with Gasteiger partial charge in [-0.25, -0.2) is 0 Å². The molecule has 0 bridgehead atoms. The standard InChI is InChI=1S/C16H16N2S/c1-2-7-13(8-3-1)9-6-12-17-16-14-10-4-5-11-15(14)18-19-16/h1-5,7-8,10-11,17H,6,9,12H2. The smallest absolute Gasteiger partial charge is 0.117 e. The second-order valence-corrected chi connectivity index (χ2v) is 5.32. The van der Waals surface area contributed by atoms with Crippen molar-refractivity contribution in [2.45, 2.75) is 12.8 Å². The van der Waals surface area contributed by atoms with E-state index in [1.807, 2.05) is 6.07 Å². The van der Waals surface area contributed by atoms with E-state index in [0.717, 1.165) is 24.9 Å². The Bertz CT molecular complexity index is 646. The number of hydrogen-bond acceptors (Lipinski definition) is 3. The van der Waals surface area contributed by atoms with Gasteiger partial charge in [-0.1, -0.05) is 42.5 Å². The van der Waals surface area contributed by atoms with Gasteiger partial charge in [0.05, 0.1) is 5.52 Å². The molecule has 0 fully saturated rings. The maximum absolute atomic E-state index is 4.43. The molecule has 0 unspecified atom stereocenters. The minimum absolute atomic E-state index is 0.987. The SMILES string of the molecule is c1ccc(CCCNc2snc3ccccc23)cc1. The Hall–Kier alpha value is -1.87. The van der Waals surface area contributed by atoms with E-state index in [9.17, 15) is 0 Å². The summed E-state index contributed by atoms with van der Waals surface area (Å²) in [5.41, 5.74) is 2.48. The van der Waals surface area contributed by atoms with Crippen molar-refractivity contribution in [2.24, 2.45) is 0 Å². The molecule has 0 saturated carbocycles. The van der Waals surface area contributed by atoms with Crippen LogP contribution >= 0.6 is 11.5 Å². The molecular weight excluding hydrogens is 252 g/mol. The summed E-state index contributed by atoms with van der Waals surface area (Å²) in [4.78, 5) is 0. The van der Waals surface area contributed by atoms with E-state index in [1.165, 1.54) is 16.0 Å². The van der Waals surface area contributed by atoms with E-state index in [1.54, 1.807) is 11.5 Å². The number of nitrogens with one attached hydrogen (secondary N) is 1. The molecule has 0 atom stereocenters. The van der Waals surface area contributed by atoms with Crippen LogP contribution in [0.2, 0.25) is 0 Å². The fourth-order valence-corrected chi connectivity index (χ4v) is 2.94. The molecule has 0 amide bonds. The minimum atomic E-state index is 0.987. The molecule has 1 heterocycles. The van der Waals surface area contributed by atoms with Crippen LogP contribution in [0.5, 0.6) is 0 Å². The Morgan fingerprint density at radius 1 is 0.947 bits per heavy atom. The third-order valence-corrected chi connectivity index (χ3v) is 3.99. The molecule has 2 aromatic carbocycles. The van der Waals surface area contributed by atoms with Gasteiger partial charge in [-0.3, -0.25) is 0 Å². The zero-order valence-corrected chi connectivity index (χ0v) is 11.5. The predicted molar refractivity (Wildman–Crippen MR) is 82.9 cm³/mol. The van der Waals surface area contributed by atoms with Gasteiger partial charge in [0.1, 0.15) is 5.00 Å². The van der Waals surface area contributed by atoms with Gasteiger partial charge in [0.25, 0.3) is 0 Å². The fourth-order valence-electron chi connectivity index (χ4n) is 2.16. The van der Waals surface area contributed by atoms with Gasteiger partial charge in [0.2, 0.25) is 0 Å². The van der Waals surface area contributed by atoms with Gasteiger partial charge in [-0.15, -0.1) is 0 Å². The Kier molecular flexibility index (Phi) is 3.75. The Morgan fingerprint density at radius 2 is 1.74 bits per heavy atom. The summed E-state index contributed by atoms with van der Waals surface area (Å²) in [6, 6.07) is 18.9. The molecule has 19 heavy (non-hydrogen) atoms. The highest BCUT2D eigenvalue weighted by Crippen LogP contribution is 2.27. The highest BCUT2D eigenvalue weighted by atomic mass is 32.1. The zero-order chi connectivity index (χ0) is 12.9. The topological polar surface area (TPSA) is 24.9 Å². The summed E-state index contributed by atoms with van der Waals surface area (Å²) in [7, 11) is 0. The van der Waals surface area contributed by atoms with Crippen LogP contribution in [0.3, 0.4) is 0 Å². The maximum Gasteiger partial charge on any atom is 0.117 e. The van der Waals surface area contributed by atoms with E-state index in [-0.39, 0.29) is 0 Å². The Labute approximate surface area is 117 Å². The second-order valence-electron chi connectivity index (χ2n) is 4.54. The van der Waals surface area contributed by atoms with Crippen LogP contribution in [-0.2, 0) is 6.42 Å². The van der Waals surface area contributed by atoms with Crippen LogP contribution in [0.4, 0.5) is 5.00 Å². The minimum Gasteiger partial charge on any atom is -0.375 e. The first-order valence-electron chi connectivity index (χ1n) is 6.56. The van der Waals surface area contributed by atoms with Gasteiger partial charge in [0, 0.05) is 11.9 Å². The average molecular weight is 268 g/mol. The van der Waals surface area contributed by atoms with E-state index < -0.39 is 0 Å². The number of benzene rings is 2. The lowest BCUT2D eigenvalue weighted by Crippen LogP contribution is -2.01. The molecule has 3 aromatic rings. The molecule has 0 radical (unpaired) electrons. The summed E-state index contributed by atoms with van der Waals surface area (Å²) >= 11 is 1.55. The first-order chi connectivity index (χ1) is 9.43. The van der Waals surface area contributed by atoms with Gasteiger partial charge < -0.3 is 5.32 Å². The highest BCUT2D eigenvalue weighted by Gasteiger charge is 2.03. The number of aryl methyl sites for hydroxylation is 1. The Morgan fingerprint density at radius 3 is 2.63 bits per heavy atom. The van der Waals surface area contributed by atoms with Crippen LogP contribution < -0.4 is 5.32 Å². The number of hydrogen-bond donors (Lipinski definition) is 1. The summed E-state index contributed by atoms with van der Waals surface area (Å²) in [5.74, 6) is 0. The summed E-state index contributed by atoms with van der Waals surface area (Å²) < 4.78 is 4.43. The van der Waals surface area contributed by atoms with Crippen molar-refractivity contribution in [3.63, 3.8) is 0 Å². The zero-order valence-electron chi connectivity index (χ0n) is 10.7. The van der Waals surface area contributed by atoms with Crippen molar-refractivity contribution in [1.29, 1.82) is 0 Å². The summed E-state index contributed by atoms with van der Waals surface area (Å²) in [6.45, 7) is 0.987. The van der Waals surface area contributed by atoms with Crippen molar-refractivity contribution >= 4 is 27.4 Å². The lowest BCUT2D eigenvalue weighted by atomic mass is 10.1. The van der Waals surface area contributed by atoms with Crippen LogP contribution in [0.25, 0.3) is 10.9 Å². The lowest BCUT2D eigenvalue weighted by Gasteiger charge is -2.04. The monoisotopic (exact) mass is 268 g/mol. The number of nitrogens with zero attached hydrogens (tertiary/aromatic N) is 1. The third-order valence-electron chi connectivity index (χ3n) is 3.15. The quantitative estimate of drug-likeness (QED) is 0.696. The molecule has 96 valence electrons. The molecule has 2 nitrogen and oxygen atoms in total. The number of anilines is 1. The molecule has 1 N–H and O–H groups in total. The number of aromatic nitrogens is 1. The fraction of sp³-hybridized carbons (Fsp3) is 0.188. The van der Waals surface area contributed by atoms with E-state index in [0.29, 0.717) is 0 Å². The van der Waals surface area contributed by atoms with Gasteiger partial charge in [-0.2, -0.15) is 4.37 Å². The van der Waals surface area contributed by atoms with Crippen LogP contribution in [0.1, 0.15) is 12.0 Å². The summed E-state index contributed by atoms with van der Waals surface area (Å²) in [5, 5.41) is 5.91. The molecule has 0 aliphatic rings. The van der Waals surface area contributed by atoms with Crippen molar-refractivity contribution < 1.29 is 0 Å². The summed E-state index contributed by atoms with van der Waals surface area (Å²) in [6.07, 6.45) is 2.25. The Balaban J connectivity index is 1.55. The van der Waals surface area contributed by atoms with Crippen molar-refractivity contribution in [1.82, 2.24) is 4.37 Å². The largest absolute Gasteiger partial charge is 0.375 e. The molecule has 0 aliphatic heterocycles. The highest BCUT2D eigenvalue weighted by molar-refractivity contribution is 7.11. The first-order valence-corrected chi connectivity index (χ1v) is 7.33. The van der Waals surface area contributed by atoms with Crippen LogP contribution in [-0.4, -0.2) is 10.9 Å². The van der Waals surface area contributed by atoms with Gasteiger partial charge in [0.15, 0.2) is 0 Å². The first kappa shape index (κ1) is 12.2. The van der Waals surface area contributed by atoms with Crippen LogP contribution in [0, 0.1) is 0 Å². The third kappa shape index (κ3) is 2.93. The van der Waals surface area contributed by atoms with Crippen molar-refractivity contribution in [2.75, 3.05) is 11.9 Å². The molecule has 3 rings (SSSR count). The molecule has 0 aliphatic carbocycles. The molecule has 0 saturated heterocycles. The van der Waals surface area contributed by atoms with Crippen molar-refractivity contribution in [3.05, 3.63) is 60.2 Å². The second kappa shape index (κ2) is 5.85. The lowest BCUT2D eigenvalue weighted by molar-refractivity contribution is 0.865. The normalized spacial score (nSPS) is 10.7. The molecular formula is C16H16N2S. The molecule has 3 heteroatoms. The van der Waals surface area contributed by atoms with E-state index >= 15 is 0 Å². The maximum atomic E-state index is 4.43. The van der Waals surface area contributed by atoms with E-state index in [2.05, 4.69) is 58.2 Å². The number of fused-ring (bicyclic) bond motifs is 1. The molecule has 0 spiro atoms. The predicted octanol–water partition coefficient (Wildman–Crippen LogP) is 4.34. The van der Waals surface area contributed by atoms with Crippen LogP contribution in [0.15, 0.2) is 54.6 Å². The van der Waals surface area contributed by atoms with Gasteiger partial charge >= 0.3 is 0 Å². The van der Waals surface area contributed by atoms with Crippen molar-refractivity contribution in [3.8, 4) is 0 Å².